The van der Waals surface area contributed by atoms with E-state index in [2.05, 4.69) is 35.5 Å². The second-order valence-electron chi connectivity index (χ2n) is 4.51. The van der Waals surface area contributed by atoms with Crippen molar-refractivity contribution in [2.45, 2.75) is 32.7 Å². The van der Waals surface area contributed by atoms with Crippen LogP contribution in [0.5, 0.6) is 5.75 Å². The lowest BCUT2D eigenvalue weighted by Crippen LogP contribution is -2.42. The van der Waals surface area contributed by atoms with E-state index in [0.29, 0.717) is 6.04 Å². The van der Waals surface area contributed by atoms with Crippen LogP contribution in [0.4, 0.5) is 0 Å². The maximum atomic E-state index is 5.34. The molecule has 0 saturated carbocycles. The third-order valence-electron chi connectivity index (χ3n) is 3.10. The van der Waals surface area contributed by atoms with Crippen molar-refractivity contribution in [3.63, 3.8) is 0 Å². The summed E-state index contributed by atoms with van der Waals surface area (Å²) in [4.78, 5) is 4.21. The predicted octanol–water partition coefficient (Wildman–Crippen LogP) is 2.82. The van der Waals surface area contributed by atoms with Crippen LogP contribution in [-0.2, 0) is 6.42 Å². The summed E-state index contributed by atoms with van der Waals surface area (Å²) in [6.07, 6.45) is 1.98. The number of aliphatic imine (C=N–C) groups is 1. The van der Waals surface area contributed by atoms with Crippen LogP contribution in [-0.4, -0.2) is 32.7 Å². The van der Waals surface area contributed by atoms with Gasteiger partial charge in [-0.3, -0.25) is 4.99 Å². The van der Waals surface area contributed by atoms with Gasteiger partial charge in [-0.1, -0.05) is 25.1 Å². The van der Waals surface area contributed by atoms with E-state index in [-0.39, 0.29) is 24.0 Å². The molecule has 0 aromatic heterocycles. The molecule has 2 N–H and O–H groups in total. The van der Waals surface area contributed by atoms with Crippen molar-refractivity contribution in [1.82, 2.24) is 10.6 Å². The van der Waals surface area contributed by atoms with Gasteiger partial charge in [-0.15, -0.1) is 24.0 Å². The van der Waals surface area contributed by atoms with Gasteiger partial charge >= 0.3 is 0 Å². The van der Waals surface area contributed by atoms with E-state index in [1.54, 1.807) is 14.2 Å². The highest BCUT2D eigenvalue weighted by atomic mass is 127. The second-order valence-corrected chi connectivity index (χ2v) is 4.51. The zero-order valence-corrected chi connectivity index (χ0v) is 15.1. The van der Waals surface area contributed by atoms with Gasteiger partial charge in [-0.05, 0) is 31.4 Å². The molecule has 1 atom stereocenters. The molecule has 0 radical (unpaired) electrons. The minimum absolute atomic E-state index is 0. The number of hydrogen-bond acceptors (Lipinski definition) is 2. The summed E-state index contributed by atoms with van der Waals surface area (Å²) < 4.78 is 5.34. The molecular formula is C15H26IN3O. The molecule has 0 amide bonds. The summed E-state index contributed by atoms with van der Waals surface area (Å²) in [7, 11) is 3.50. The van der Waals surface area contributed by atoms with Gasteiger partial charge in [0.15, 0.2) is 5.96 Å². The SMILES string of the molecule is CCC(C)NC(=NC)NCCc1ccccc1OC.I. The first-order chi connectivity index (χ1) is 9.21. The number of rotatable bonds is 6. The third-order valence-corrected chi connectivity index (χ3v) is 3.10. The summed E-state index contributed by atoms with van der Waals surface area (Å²) in [5.41, 5.74) is 1.21. The number of benzene rings is 1. The fourth-order valence-corrected chi connectivity index (χ4v) is 1.76. The molecule has 114 valence electrons. The number of hydrogen-bond donors (Lipinski definition) is 2. The Kier molecular flexibility index (Phi) is 10.2. The number of ether oxygens (including phenoxy) is 1. The molecule has 0 heterocycles. The van der Waals surface area contributed by atoms with Crippen molar-refractivity contribution < 1.29 is 4.74 Å². The van der Waals surface area contributed by atoms with Gasteiger partial charge < -0.3 is 15.4 Å². The highest BCUT2D eigenvalue weighted by Gasteiger charge is 2.04. The minimum atomic E-state index is 0. The van der Waals surface area contributed by atoms with Crippen molar-refractivity contribution in [3.05, 3.63) is 29.8 Å². The largest absolute Gasteiger partial charge is 0.496 e. The monoisotopic (exact) mass is 391 g/mol. The smallest absolute Gasteiger partial charge is 0.191 e. The number of methoxy groups -OCH3 is 1. The first kappa shape index (κ1) is 19.0. The standard InChI is InChI=1S/C15H25N3O.HI/c1-5-12(2)18-15(16-3)17-11-10-13-8-6-7-9-14(13)19-4;/h6-9,12H,5,10-11H2,1-4H3,(H2,16,17,18);1H. The van der Waals surface area contributed by atoms with E-state index < -0.39 is 0 Å². The van der Waals surface area contributed by atoms with E-state index in [9.17, 15) is 0 Å². The first-order valence-corrected chi connectivity index (χ1v) is 6.80. The summed E-state index contributed by atoms with van der Waals surface area (Å²) >= 11 is 0. The third kappa shape index (κ3) is 6.45. The Morgan fingerprint density at radius 1 is 1.35 bits per heavy atom. The molecular weight excluding hydrogens is 365 g/mol. The van der Waals surface area contributed by atoms with Gasteiger partial charge in [0.25, 0.3) is 0 Å². The number of nitrogens with zero attached hydrogens (tertiary/aromatic N) is 1. The topological polar surface area (TPSA) is 45.7 Å². The van der Waals surface area contributed by atoms with Crippen LogP contribution in [0.15, 0.2) is 29.3 Å². The van der Waals surface area contributed by atoms with Gasteiger partial charge in [0, 0.05) is 19.6 Å². The average Bonchev–Trinajstić information content (AvgIpc) is 2.46. The van der Waals surface area contributed by atoms with E-state index in [1.165, 1.54) is 5.56 Å². The van der Waals surface area contributed by atoms with Gasteiger partial charge in [-0.2, -0.15) is 0 Å². The molecule has 0 aliphatic carbocycles. The van der Waals surface area contributed by atoms with Crippen LogP contribution in [0.2, 0.25) is 0 Å². The van der Waals surface area contributed by atoms with Crippen molar-refractivity contribution in [2.75, 3.05) is 20.7 Å². The van der Waals surface area contributed by atoms with E-state index in [1.807, 2.05) is 18.2 Å². The zero-order chi connectivity index (χ0) is 14.1. The van der Waals surface area contributed by atoms with Crippen LogP contribution < -0.4 is 15.4 Å². The molecule has 0 aliphatic rings. The lowest BCUT2D eigenvalue weighted by molar-refractivity contribution is 0.409. The quantitative estimate of drug-likeness (QED) is 0.446. The number of nitrogens with one attached hydrogen (secondary N) is 2. The van der Waals surface area contributed by atoms with Crippen LogP contribution >= 0.6 is 24.0 Å². The fraction of sp³-hybridized carbons (Fsp3) is 0.533. The molecule has 4 nitrogen and oxygen atoms in total. The summed E-state index contributed by atoms with van der Waals surface area (Å²) in [6.45, 7) is 5.13. The van der Waals surface area contributed by atoms with Crippen molar-refractivity contribution in [3.8, 4) is 5.75 Å². The fourth-order valence-electron chi connectivity index (χ4n) is 1.76. The van der Waals surface area contributed by atoms with E-state index in [4.69, 9.17) is 4.74 Å². The lowest BCUT2D eigenvalue weighted by atomic mass is 10.1. The molecule has 20 heavy (non-hydrogen) atoms. The first-order valence-electron chi connectivity index (χ1n) is 6.80. The van der Waals surface area contributed by atoms with Crippen molar-refractivity contribution in [1.29, 1.82) is 0 Å². The zero-order valence-electron chi connectivity index (χ0n) is 12.8. The van der Waals surface area contributed by atoms with Gasteiger partial charge in [0.05, 0.1) is 7.11 Å². The Morgan fingerprint density at radius 2 is 2.05 bits per heavy atom. The van der Waals surface area contributed by atoms with E-state index in [0.717, 1.165) is 31.1 Å². The Bertz CT molecular complexity index is 410. The second kappa shape index (κ2) is 10.8. The minimum Gasteiger partial charge on any atom is -0.496 e. The van der Waals surface area contributed by atoms with Crippen molar-refractivity contribution >= 4 is 29.9 Å². The molecule has 0 fully saturated rings. The molecule has 0 saturated heterocycles. The van der Waals surface area contributed by atoms with Crippen molar-refractivity contribution in [2.24, 2.45) is 4.99 Å². The Labute approximate surface area is 139 Å². The highest BCUT2D eigenvalue weighted by Crippen LogP contribution is 2.17. The molecule has 1 rings (SSSR count). The molecule has 1 unspecified atom stereocenters. The number of para-hydroxylation sites is 1. The molecule has 0 bridgehead atoms. The molecule has 5 heteroatoms. The maximum absolute atomic E-state index is 5.34. The summed E-state index contributed by atoms with van der Waals surface area (Å²) in [5.74, 6) is 1.79. The molecule has 1 aromatic carbocycles. The van der Waals surface area contributed by atoms with Gasteiger partial charge in [-0.25, -0.2) is 0 Å². The van der Waals surface area contributed by atoms with Gasteiger partial charge in [0.1, 0.15) is 5.75 Å². The van der Waals surface area contributed by atoms with E-state index >= 15 is 0 Å². The Morgan fingerprint density at radius 3 is 2.65 bits per heavy atom. The molecule has 0 spiro atoms. The maximum Gasteiger partial charge on any atom is 0.191 e. The van der Waals surface area contributed by atoms with Crippen LogP contribution in [0.3, 0.4) is 0 Å². The molecule has 1 aromatic rings. The lowest BCUT2D eigenvalue weighted by Gasteiger charge is -2.16. The molecule has 0 aliphatic heterocycles. The summed E-state index contributed by atoms with van der Waals surface area (Å²) in [6, 6.07) is 8.52. The van der Waals surface area contributed by atoms with Crippen LogP contribution in [0.25, 0.3) is 0 Å². The normalized spacial score (nSPS) is 12.3. The summed E-state index contributed by atoms with van der Waals surface area (Å²) in [5, 5.41) is 6.66. The number of halogens is 1. The van der Waals surface area contributed by atoms with Gasteiger partial charge in [0.2, 0.25) is 0 Å². The highest BCUT2D eigenvalue weighted by molar-refractivity contribution is 14.0. The Hall–Kier alpha value is -0.980. The van der Waals surface area contributed by atoms with Crippen LogP contribution in [0, 0.1) is 0 Å². The Balaban J connectivity index is 0.00000361. The van der Waals surface area contributed by atoms with Crippen LogP contribution in [0.1, 0.15) is 25.8 Å². The number of guanidine groups is 1. The predicted molar refractivity (Wildman–Crippen MR) is 96.4 cm³/mol. The average molecular weight is 391 g/mol.